The third kappa shape index (κ3) is 5.66. The Morgan fingerprint density at radius 3 is 2.24 bits per heavy atom. The zero-order valence-electron chi connectivity index (χ0n) is 11.1. The third-order valence-corrected chi connectivity index (χ3v) is 2.32. The minimum absolute atomic E-state index is 0.0757. The van der Waals surface area contributed by atoms with E-state index in [-0.39, 0.29) is 11.6 Å². The number of hydrogen-bond donors (Lipinski definition) is 3. The quantitative estimate of drug-likeness (QED) is 0.674. The van der Waals surface area contributed by atoms with Crippen LogP contribution in [0.25, 0.3) is 0 Å². The van der Waals surface area contributed by atoms with Crippen LogP contribution in [0.15, 0.2) is 6.07 Å². The molecule has 0 saturated carbocycles. The Bertz CT molecular complexity index is 455. The lowest BCUT2D eigenvalue weighted by molar-refractivity contribution is -0.144. The molecule has 1 aromatic heterocycles. The van der Waals surface area contributed by atoms with Crippen molar-refractivity contribution in [3.63, 3.8) is 0 Å². The fourth-order valence-electron chi connectivity index (χ4n) is 1.31. The number of rotatable bonds is 7. The fourth-order valence-corrected chi connectivity index (χ4v) is 1.31. The van der Waals surface area contributed by atoms with Gasteiger partial charge in [0.05, 0.1) is 0 Å². The van der Waals surface area contributed by atoms with Crippen LogP contribution in [-0.4, -0.2) is 40.7 Å². The number of aliphatic hydroxyl groups excluding tert-OH is 1. The van der Waals surface area contributed by atoms with E-state index >= 15 is 0 Å². The van der Waals surface area contributed by atoms with Crippen molar-refractivity contribution < 1.29 is 27.1 Å². The van der Waals surface area contributed by atoms with Crippen LogP contribution in [0.3, 0.4) is 0 Å². The predicted octanol–water partition coefficient (Wildman–Crippen LogP) is 2.36. The van der Waals surface area contributed by atoms with E-state index in [0.29, 0.717) is 13.0 Å². The van der Waals surface area contributed by atoms with Crippen molar-refractivity contribution in [2.24, 2.45) is 0 Å². The third-order valence-electron chi connectivity index (χ3n) is 2.32. The lowest BCUT2D eigenvalue weighted by Crippen LogP contribution is -2.27. The summed E-state index contributed by atoms with van der Waals surface area (Å²) in [5.74, 6) is -1.76. The first kappa shape index (κ1) is 17.3. The number of aliphatic hydroxyl groups is 1. The Morgan fingerprint density at radius 2 is 1.76 bits per heavy atom. The summed E-state index contributed by atoms with van der Waals surface area (Å²) in [7, 11) is 0. The first-order valence-electron chi connectivity index (χ1n) is 6.14. The van der Waals surface area contributed by atoms with E-state index in [2.05, 4.69) is 20.6 Å². The molecule has 5 nitrogen and oxygen atoms in total. The highest BCUT2D eigenvalue weighted by molar-refractivity contribution is 5.48. The van der Waals surface area contributed by atoms with Crippen molar-refractivity contribution in [3.8, 4) is 0 Å². The molecule has 1 atom stereocenters. The van der Waals surface area contributed by atoms with Crippen LogP contribution in [-0.2, 0) is 6.18 Å². The van der Waals surface area contributed by atoms with Gasteiger partial charge in [0, 0.05) is 19.2 Å². The molecule has 0 spiro atoms. The van der Waals surface area contributed by atoms with Crippen molar-refractivity contribution >= 4 is 11.6 Å². The molecule has 10 heteroatoms. The summed E-state index contributed by atoms with van der Waals surface area (Å²) >= 11 is 0. The lowest BCUT2D eigenvalue weighted by Gasteiger charge is -2.14. The van der Waals surface area contributed by atoms with Gasteiger partial charge in [0.15, 0.2) is 0 Å². The van der Waals surface area contributed by atoms with Crippen molar-refractivity contribution in [2.45, 2.75) is 32.1 Å². The molecule has 1 rings (SSSR count). The first-order valence-corrected chi connectivity index (χ1v) is 6.14. The number of anilines is 2. The molecule has 3 N–H and O–H groups in total. The Kier molecular flexibility index (Phi) is 6.06. The van der Waals surface area contributed by atoms with Crippen LogP contribution in [0.4, 0.5) is 33.6 Å². The van der Waals surface area contributed by atoms with E-state index in [1.54, 1.807) is 0 Å². The summed E-state index contributed by atoms with van der Waals surface area (Å²) in [5, 5.41) is 13.8. The van der Waals surface area contributed by atoms with Gasteiger partial charge < -0.3 is 15.7 Å². The number of aromatic nitrogens is 2. The van der Waals surface area contributed by atoms with Crippen molar-refractivity contribution in [2.75, 3.05) is 23.7 Å². The summed E-state index contributed by atoms with van der Waals surface area (Å²) in [6.07, 6.45) is -9.10. The van der Waals surface area contributed by atoms with E-state index in [1.165, 1.54) is 0 Å². The largest absolute Gasteiger partial charge is 0.451 e. The topological polar surface area (TPSA) is 70.1 Å². The van der Waals surface area contributed by atoms with Gasteiger partial charge in [-0.15, -0.1) is 0 Å². The van der Waals surface area contributed by atoms with Crippen molar-refractivity contribution in [1.82, 2.24) is 9.97 Å². The zero-order chi connectivity index (χ0) is 16.0. The van der Waals surface area contributed by atoms with E-state index in [1.807, 2.05) is 6.92 Å². The standard InChI is InChI=1S/C11H15F5N4O/c1-2-3-17-7-4-8(18-5-6(21)9(12)13)20-10(19-7)11(14,15)16/h4,6,9,21H,2-3,5H2,1H3,(H2,17,18,19,20). The molecule has 1 unspecified atom stereocenters. The molecule has 0 radical (unpaired) electrons. The summed E-state index contributed by atoms with van der Waals surface area (Å²) in [6.45, 7) is 1.59. The summed E-state index contributed by atoms with van der Waals surface area (Å²) in [6, 6.07) is 1.16. The van der Waals surface area contributed by atoms with Crippen LogP contribution in [0.2, 0.25) is 0 Å². The number of nitrogens with one attached hydrogen (secondary N) is 2. The maximum Gasteiger partial charge on any atom is 0.451 e. The summed E-state index contributed by atoms with van der Waals surface area (Å²) in [4.78, 5) is 6.51. The molecular formula is C11H15F5N4O. The van der Waals surface area contributed by atoms with E-state index in [0.717, 1.165) is 6.07 Å². The molecule has 0 saturated heterocycles. The smallest absolute Gasteiger partial charge is 0.385 e. The van der Waals surface area contributed by atoms with Gasteiger partial charge in [0.1, 0.15) is 17.7 Å². The monoisotopic (exact) mass is 314 g/mol. The highest BCUT2D eigenvalue weighted by Crippen LogP contribution is 2.28. The molecule has 0 aromatic carbocycles. The van der Waals surface area contributed by atoms with Gasteiger partial charge in [-0.25, -0.2) is 18.7 Å². The Morgan fingerprint density at radius 1 is 1.19 bits per heavy atom. The molecule has 0 aliphatic rings. The van der Waals surface area contributed by atoms with E-state index in [4.69, 9.17) is 5.11 Å². The van der Waals surface area contributed by atoms with Gasteiger partial charge in [-0.3, -0.25) is 0 Å². The van der Waals surface area contributed by atoms with Gasteiger partial charge >= 0.3 is 6.18 Å². The predicted molar refractivity (Wildman–Crippen MR) is 66.3 cm³/mol. The molecule has 21 heavy (non-hydrogen) atoms. The molecule has 0 bridgehead atoms. The Hall–Kier alpha value is -1.71. The van der Waals surface area contributed by atoms with Crippen LogP contribution in [0.1, 0.15) is 19.2 Å². The fraction of sp³-hybridized carbons (Fsp3) is 0.636. The number of alkyl halides is 5. The van der Waals surface area contributed by atoms with Gasteiger partial charge in [0.25, 0.3) is 6.43 Å². The average Bonchev–Trinajstić information content (AvgIpc) is 2.41. The molecular weight excluding hydrogens is 299 g/mol. The molecule has 120 valence electrons. The maximum absolute atomic E-state index is 12.6. The SMILES string of the molecule is CCCNc1cc(NCC(O)C(F)F)nc(C(F)(F)F)n1. The first-order chi connectivity index (χ1) is 9.74. The van der Waals surface area contributed by atoms with Gasteiger partial charge in [-0.2, -0.15) is 13.2 Å². The Labute approximate surface area is 117 Å². The minimum atomic E-state index is -4.76. The van der Waals surface area contributed by atoms with Crippen LogP contribution in [0, 0.1) is 0 Å². The number of hydrogen-bond acceptors (Lipinski definition) is 5. The van der Waals surface area contributed by atoms with Crippen LogP contribution >= 0.6 is 0 Å². The van der Waals surface area contributed by atoms with Gasteiger partial charge in [0.2, 0.25) is 5.82 Å². The van der Waals surface area contributed by atoms with Crippen LogP contribution in [0.5, 0.6) is 0 Å². The second-order valence-corrected chi connectivity index (χ2v) is 4.17. The average molecular weight is 314 g/mol. The number of halogens is 5. The second-order valence-electron chi connectivity index (χ2n) is 4.17. The van der Waals surface area contributed by atoms with Crippen LogP contribution < -0.4 is 10.6 Å². The normalized spacial score (nSPS) is 13.3. The Balaban J connectivity index is 2.91. The molecule has 0 fully saturated rings. The summed E-state index contributed by atoms with van der Waals surface area (Å²) in [5.41, 5.74) is 0. The highest BCUT2D eigenvalue weighted by atomic mass is 19.4. The minimum Gasteiger partial charge on any atom is -0.385 e. The van der Waals surface area contributed by atoms with E-state index < -0.39 is 31.1 Å². The molecule has 0 aliphatic heterocycles. The zero-order valence-corrected chi connectivity index (χ0v) is 11.1. The number of nitrogens with zero attached hydrogens (tertiary/aromatic N) is 2. The van der Waals surface area contributed by atoms with Crippen molar-refractivity contribution in [1.29, 1.82) is 0 Å². The second kappa shape index (κ2) is 7.34. The summed E-state index contributed by atoms with van der Waals surface area (Å²) < 4.78 is 62.2. The van der Waals surface area contributed by atoms with Crippen molar-refractivity contribution in [3.05, 3.63) is 11.9 Å². The molecule has 0 amide bonds. The van der Waals surface area contributed by atoms with Gasteiger partial charge in [-0.1, -0.05) is 6.92 Å². The van der Waals surface area contributed by atoms with Gasteiger partial charge in [-0.05, 0) is 6.42 Å². The highest BCUT2D eigenvalue weighted by Gasteiger charge is 2.35. The molecule has 1 heterocycles. The molecule has 0 aliphatic carbocycles. The lowest BCUT2D eigenvalue weighted by atomic mass is 10.3. The van der Waals surface area contributed by atoms with E-state index in [9.17, 15) is 22.0 Å². The molecule has 1 aromatic rings. The maximum atomic E-state index is 12.6.